The van der Waals surface area contributed by atoms with Crippen molar-refractivity contribution in [3.63, 3.8) is 0 Å². The summed E-state index contributed by atoms with van der Waals surface area (Å²) in [6, 6.07) is 7.92. The Balaban J connectivity index is 1.78. The van der Waals surface area contributed by atoms with Gasteiger partial charge in [-0.3, -0.25) is 24.6 Å². The predicted octanol–water partition coefficient (Wildman–Crippen LogP) is 3.62. The monoisotopic (exact) mass is 450 g/mol. The Kier molecular flexibility index (Phi) is 5.69. The molecule has 11 heteroatoms. The number of amides is 4. The molecule has 9 nitrogen and oxygen atoms in total. The van der Waals surface area contributed by atoms with Gasteiger partial charge in [0.25, 0.3) is 11.6 Å². The maximum atomic E-state index is 12.9. The van der Waals surface area contributed by atoms with Crippen molar-refractivity contribution >= 4 is 52.4 Å². The molecule has 1 heterocycles. The number of rotatable bonds is 5. The highest BCUT2D eigenvalue weighted by Crippen LogP contribution is 2.35. The van der Waals surface area contributed by atoms with Gasteiger partial charge in [-0.05, 0) is 32.0 Å². The molecule has 2 aromatic carbocycles. The highest BCUT2D eigenvalue weighted by Gasteiger charge is 2.50. The number of nitro groups is 1. The number of hydrogen-bond acceptors (Lipinski definition) is 5. The summed E-state index contributed by atoms with van der Waals surface area (Å²) in [6.07, 6.45) is 0. The fourth-order valence-electron chi connectivity index (χ4n) is 3.15. The van der Waals surface area contributed by atoms with Gasteiger partial charge in [-0.25, -0.2) is 4.79 Å². The first-order valence-electron chi connectivity index (χ1n) is 8.67. The van der Waals surface area contributed by atoms with Crippen molar-refractivity contribution in [1.29, 1.82) is 0 Å². The molecular formula is C19H16Cl2N4O5. The summed E-state index contributed by atoms with van der Waals surface area (Å²) in [5.74, 6) is -1.36. The highest BCUT2D eigenvalue weighted by atomic mass is 35.5. The first-order valence-corrected chi connectivity index (χ1v) is 9.43. The molecule has 4 amide bonds. The third-order valence-corrected chi connectivity index (χ3v) is 5.28. The molecule has 3 rings (SSSR count). The maximum absolute atomic E-state index is 12.9. The van der Waals surface area contributed by atoms with Crippen LogP contribution in [0.4, 0.5) is 16.2 Å². The van der Waals surface area contributed by atoms with Crippen LogP contribution >= 0.6 is 23.2 Å². The summed E-state index contributed by atoms with van der Waals surface area (Å²) in [5, 5.41) is 16.6. The summed E-state index contributed by atoms with van der Waals surface area (Å²) in [6.45, 7) is 2.47. The van der Waals surface area contributed by atoms with Gasteiger partial charge < -0.3 is 10.6 Å². The summed E-state index contributed by atoms with van der Waals surface area (Å²) in [5.41, 5.74) is -0.686. The zero-order valence-electron chi connectivity index (χ0n) is 15.9. The molecule has 0 spiro atoms. The SMILES string of the molecule is Cc1ccc(NC(=O)CN2C(=O)N[C@](C)(c3ccc(Cl)cc3Cl)C2=O)cc1[N+](=O)[O-]. The number of urea groups is 1. The van der Waals surface area contributed by atoms with Crippen molar-refractivity contribution in [2.75, 3.05) is 11.9 Å². The Hall–Kier alpha value is -3.17. The minimum absolute atomic E-state index is 0.159. The van der Waals surface area contributed by atoms with E-state index in [2.05, 4.69) is 10.6 Å². The number of carbonyl (C=O) groups excluding carboxylic acids is 3. The minimum atomic E-state index is -1.47. The average molecular weight is 451 g/mol. The molecule has 1 atom stereocenters. The van der Waals surface area contributed by atoms with Crippen LogP contribution in [0.25, 0.3) is 0 Å². The Labute approximate surface area is 181 Å². The summed E-state index contributed by atoms with van der Waals surface area (Å²) in [4.78, 5) is 48.9. The molecular weight excluding hydrogens is 435 g/mol. The normalized spacial score (nSPS) is 18.3. The van der Waals surface area contributed by atoms with Crippen LogP contribution in [0.2, 0.25) is 10.0 Å². The Morgan fingerprint density at radius 3 is 2.57 bits per heavy atom. The Bertz CT molecular complexity index is 1090. The molecule has 2 aromatic rings. The number of halogens is 2. The number of nitrogens with zero attached hydrogens (tertiary/aromatic N) is 2. The number of aryl methyl sites for hydroxylation is 1. The topological polar surface area (TPSA) is 122 Å². The number of anilines is 1. The van der Waals surface area contributed by atoms with Gasteiger partial charge in [0.15, 0.2) is 0 Å². The third kappa shape index (κ3) is 3.94. The quantitative estimate of drug-likeness (QED) is 0.409. The van der Waals surface area contributed by atoms with E-state index < -0.39 is 34.9 Å². The van der Waals surface area contributed by atoms with Crippen LogP contribution < -0.4 is 10.6 Å². The van der Waals surface area contributed by atoms with Gasteiger partial charge in [0.1, 0.15) is 12.1 Å². The standard InChI is InChI=1S/C19H16Cl2N4O5/c1-10-3-5-12(8-15(10)25(29)30)22-16(26)9-24-17(27)19(2,23-18(24)28)13-6-4-11(20)7-14(13)21/h3-8H,9H2,1-2H3,(H,22,26)(H,23,28)/t19-/m1/s1. The van der Waals surface area contributed by atoms with Crippen molar-refractivity contribution in [2.45, 2.75) is 19.4 Å². The van der Waals surface area contributed by atoms with Crippen LogP contribution in [0.15, 0.2) is 36.4 Å². The zero-order valence-corrected chi connectivity index (χ0v) is 17.4. The van der Waals surface area contributed by atoms with Crippen LogP contribution in [0.3, 0.4) is 0 Å². The zero-order chi connectivity index (χ0) is 22.2. The van der Waals surface area contributed by atoms with Gasteiger partial charge in [-0.1, -0.05) is 35.3 Å². The lowest BCUT2D eigenvalue weighted by atomic mass is 9.92. The molecule has 1 aliphatic rings. The molecule has 1 fully saturated rings. The molecule has 156 valence electrons. The first-order chi connectivity index (χ1) is 14.0. The molecule has 0 saturated carbocycles. The van der Waals surface area contributed by atoms with Gasteiger partial charge in [-0.15, -0.1) is 0 Å². The predicted molar refractivity (Wildman–Crippen MR) is 111 cm³/mol. The van der Waals surface area contributed by atoms with E-state index in [4.69, 9.17) is 23.2 Å². The van der Waals surface area contributed by atoms with E-state index in [0.717, 1.165) is 4.90 Å². The van der Waals surface area contributed by atoms with Crippen LogP contribution in [-0.4, -0.2) is 34.2 Å². The van der Waals surface area contributed by atoms with Crippen molar-refractivity contribution in [2.24, 2.45) is 0 Å². The molecule has 0 unspecified atom stereocenters. The third-order valence-electron chi connectivity index (χ3n) is 4.74. The second-order valence-electron chi connectivity index (χ2n) is 6.88. The van der Waals surface area contributed by atoms with E-state index in [-0.39, 0.29) is 16.4 Å². The van der Waals surface area contributed by atoms with Gasteiger partial charge in [0.2, 0.25) is 5.91 Å². The van der Waals surface area contributed by atoms with Crippen LogP contribution in [0.5, 0.6) is 0 Å². The van der Waals surface area contributed by atoms with Crippen LogP contribution in [-0.2, 0) is 15.1 Å². The van der Waals surface area contributed by atoms with E-state index in [1.807, 2.05) is 0 Å². The molecule has 0 aliphatic carbocycles. The van der Waals surface area contributed by atoms with E-state index in [9.17, 15) is 24.5 Å². The van der Waals surface area contributed by atoms with E-state index >= 15 is 0 Å². The summed E-state index contributed by atoms with van der Waals surface area (Å²) >= 11 is 12.1. The Morgan fingerprint density at radius 2 is 1.93 bits per heavy atom. The number of nitro benzene ring substituents is 1. The largest absolute Gasteiger partial charge is 0.325 e. The van der Waals surface area contributed by atoms with Gasteiger partial charge >= 0.3 is 6.03 Å². The number of nitrogens with one attached hydrogen (secondary N) is 2. The summed E-state index contributed by atoms with van der Waals surface area (Å²) in [7, 11) is 0. The van der Waals surface area contributed by atoms with Crippen molar-refractivity contribution in [3.05, 3.63) is 67.7 Å². The number of benzene rings is 2. The molecule has 30 heavy (non-hydrogen) atoms. The fraction of sp³-hybridized carbons (Fsp3) is 0.211. The fourth-order valence-corrected chi connectivity index (χ4v) is 3.74. The average Bonchev–Trinajstić information content (AvgIpc) is 2.86. The lowest BCUT2D eigenvalue weighted by Crippen LogP contribution is -2.42. The second-order valence-corrected chi connectivity index (χ2v) is 7.72. The van der Waals surface area contributed by atoms with Crippen molar-refractivity contribution in [3.8, 4) is 0 Å². The maximum Gasteiger partial charge on any atom is 0.325 e. The highest BCUT2D eigenvalue weighted by molar-refractivity contribution is 6.35. The molecule has 2 N–H and O–H groups in total. The molecule has 1 saturated heterocycles. The number of imide groups is 1. The lowest BCUT2D eigenvalue weighted by molar-refractivity contribution is -0.385. The molecule has 1 aliphatic heterocycles. The molecule has 0 bridgehead atoms. The number of carbonyl (C=O) groups is 3. The smallest absolute Gasteiger partial charge is 0.324 e. The van der Waals surface area contributed by atoms with Gasteiger partial charge in [0.05, 0.1) is 4.92 Å². The summed E-state index contributed by atoms with van der Waals surface area (Å²) < 4.78 is 0. The molecule has 0 radical (unpaired) electrons. The van der Waals surface area contributed by atoms with Crippen molar-refractivity contribution in [1.82, 2.24) is 10.2 Å². The van der Waals surface area contributed by atoms with Crippen molar-refractivity contribution < 1.29 is 19.3 Å². The minimum Gasteiger partial charge on any atom is -0.324 e. The van der Waals surface area contributed by atoms with Gasteiger partial charge in [-0.2, -0.15) is 0 Å². The molecule has 0 aromatic heterocycles. The Morgan fingerprint density at radius 1 is 1.23 bits per heavy atom. The van der Waals surface area contributed by atoms with E-state index in [1.165, 1.54) is 43.3 Å². The lowest BCUT2D eigenvalue weighted by Gasteiger charge is -2.23. The second kappa shape index (κ2) is 7.92. The van der Waals surface area contributed by atoms with Crippen LogP contribution in [0, 0.1) is 17.0 Å². The first kappa shape index (κ1) is 21.5. The van der Waals surface area contributed by atoms with Gasteiger partial charge in [0, 0.05) is 32.9 Å². The van der Waals surface area contributed by atoms with E-state index in [0.29, 0.717) is 16.1 Å². The van der Waals surface area contributed by atoms with E-state index in [1.54, 1.807) is 6.92 Å². The van der Waals surface area contributed by atoms with Crippen LogP contribution in [0.1, 0.15) is 18.1 Å². The number of hydrogen-bond donors (Lipinski definition) is 2.